The summed E-state index contributed by atoms with van der Waals surface area (Å²) in [5, 5.41) is 13.5. The third kappa shape index (κ3) is 3.40. The number of methoxy groups -OCH3 is 1. The van der Waals surface area contributed by atoms with Gasteiger partial charge in [-0.2, -0.15) is 5.10 Å². The van der Waals surface area contributed by atoms with E-state index < -0.39 is 5.97 Å². The minimum absolute atomic E-state index is 0.139. The molecule has 136 valence electrons. The maximum absolute atomic E-state index is 12.2. The highest BCUT2D eigenvalue weighted by molar-refractivity contribution is 6.30. The number of nitrogens with zero attached hydrogens (tertiary/aromatic N) is 4. The lowest BCUT2D eigenvalue weighted by Gasteiger charge is -2.09. The van der Waals surface area contributed by atoms with Crippen molar-refractivity contribution >= 4 is 23.2 Å². The molecule has 0 atom stereocenters. The van der Waals surface area contributed by atoms with Crippen molar-refractivity contribution in [3.8, 4) is 11.1 Å². The normalized spacial score (nSPS) is 11.3. The van der Waals surface area contributed by atoms with E-state index in [2.05, 4.69) is 15.3 Å². The first-order valence-electron chi connectivity index (χ1n) is 8.13. The molecular weight excluding hydrogens is 356 g/mol. The molecule has 0 saturated heterocycles. The van der Waals surface area contributed by atoms with E-state index in [9.17, 15) is 4.79 Å². The number of rotatable bonds is 5. The molecule has 0 N–H and O–H groups in total. The molecule has 0 spiro atoms. The first-order chi connectivity index (χ1) is 12.4. The Balaban J connectivity index is 2.18. The Kier molecular flexibility index (Phi) is 5.20. The molecule has 0 unspecified atom stereocenters. The Labute approximate surface area is 155 Å². The molecule has 3 aromatic rings. The number of hydrogen-bond acceptors (Lipinski definition) is 6. The van der Waals surface area contributed by atoms with Gasteiger partial charge in [0.2, 0.25) is 0 Å². The second-order valence-electron chi connectivity index (χ2n) is 6.09. The number of fused-ring (bicyclic) bond motifs is 1. The van der Waals surface area contributed by atoms with Gasteiger partial charge >= 0.3 is 5.97 Å². The van der Waals surface area contributed by atoms with Crippen LogP contribution in [0.25, 0.3) is 16.8 Å². The summed E-state index contributed by atoms with van der Waals surface area (Å²) in [6, 6.07) is 7.37. The van der Waals surface area contributed by atoms with Gasteiger partial charge in [0.1, 0.15) is 0 Å². The number of aromatic nitrogens is 4. The average molecular weight is 375 g/mol. The Morgan fingerprint density at radius 1 is 1.23 bits per heavy atom. The van der Waals surface area contributed by atoms with E-state index in [0.717, 1.165) is 11.1 Å². The topological polar surface area (TPSA) is 78.6 Å². The van der Waals surface area contributed by atoms with Crippen molar-refractivity contribution in [3.05, 3.63) is 46.4 Å². The van der Waals surface area contributed by atoms with Crippen LogP contribution in [0.4, 0.5) is 0 Å². The molecule has 3 rings (SSSR count). The second kappa shape index (κ2) is 7.39. The fraction of sp³-hybridized carbons (Fsp3) is 0.333. The summed E-state index contributed by atoms with van der Waals surface area (Å²) >= 11 is 5.99. The van der Waals surface area contributed by atoms with E-state index in [4.69, 9.17) is 21.1 Å². The van der Waals surface area contributed by atoms with Gasteiger partial charge in [0, 0.05) is 12.1 Å². The number of hydrogen-bond donors (Lipinski definition) is 0. The summed E-state index contributed by atoms with van der Waals surface area (Å²) in [5.41, 5.74) is 3.61. The third-order valence-electron chi connectivity index (χ3n) is 3.79. The number of esters is 1. The van der Waals surface area contributed by atoms with Crippen molar-refractivity contribution in [1.29, 1.82) is 0 Å². The lowest BCUT2D eigenvalue weighted by Crippen LogP contribution is -2.17. The molecule has 0 aliphatic heterocycles. The minimum Gasteiger partial charge on any atom is -0.458 e. The molecule has 2 aromatic heterocycles. The third-order valence-corrected chi connectivity index (χ3v) is 4.04. The summed E-state index contributed by atoms with van der Waals surface area (Å²) in [6.07, 6.45) is -0.245. The van der Waals surface area contributed by atoms with Gasteiger partial charge in [0.05, 0.1) is 29.7 Å². The molecule has 2 heterocycles. The molecule has 0 aliphatic rings. The van der Waals surface area contributed by atoms with E-state index in [0.29, 0.717) is 28.7 Å². The van der Waals surface area contributed by atoms with Gasteiger partial charge in [0.25, 0.3) is 0 Å². The van der Waals surface area contributed by atoms with Gasteiger partial charge in [-0.15, -0.1) is 10.2 Å². The Morgan fingerprint density at radius 2 is 1.92 bits per heavy atom. The Morgan fingerprint density at radius 3 is 2.54 bits per heavy atom. The highest BCUT2D eigenvalue weighted by atomic mass is 35.5. The molecule has 8 heteroatoms. The second-order valence-corrected chi connectivity index (χ2v) is 6.52. The first kappa shape index (κ1) is 18.3. The minimum atomic E-state index is -0.524. The molecule has 0 amide bonds. The smallest absolute Gasteiger partial charge is 0.361 e. The molecule has 0 radical (unpaired) electrons. The van der Waals surface area contributed by atoms with E-state index in [1.54, 1.807) is 44.5 Å². The summed E-state index contributed by atoms with van der Waals surface area (Å²) in [5.74, 6) is -0.524. The fourth-order valence-electron chi connectivity index (χ4n) is 2.66. The van der Waals surface area contributed by atoms with E-state index in [-0.39, 0.29) is 11.8 Å². The van der Waals surface area contributed by atoms with E-state index >= 15 is 0 Å². The van der Waals surface area contributed by atoms with Crippen LogP contribution >= 0.6 is 11.6 Å². The van der Waals surface area contributed by atoms with Crippen LogP contribution in [0, 0.1) is 6.92 Å². The lowest BCUT2D eigenvalue weighted by molar-refractivity contribution is 0.0367. The zero-order valence-corrected chi connectivity index (χ0v) is 15.7. The van der Waals surface area contributed by atoms with Crippen molar-refractivity contribution in [2.75, 3.05) is 7.11 Å². The number of aryl methyl sites for hydroxylation is 1. The monoisotopic (exact) mass is 374 g/mol. The molecule has 0 fully saturated rings. The van der Waals surface area contributed by atoms with Crippen molar-refractivity contribution in [3.63, 3.8) is 0 Å². The van der Waals surface area contributed by atoms with Gasteiger partial charge in [-0.25, -0.2) is 9.31 Å². The highest BCUT2D eigenvalue weighted by Crippen LogP contribution is 2.29. The van der Waals surface area contributed by atoms with Crippen LogP contribution in [0.5, 0.6) is 0 Å². The number of carbonyl (C=O) groups is 1. The number of carbonyl (C=O) groups excluding carboxylic acids is 1. The van der Waals surface area contributed by atoms with Crippen molar-refractivity contribution in [2.24, 2.45) is 0 Å². The van der Waals surface area contributed by atoms with Gasteiger partial charge in [-0.05, 0) is 38.5 Å². The van der Waals surface area contributed by atoms with Crippen LogP contribution in [-0.4, -0.2) is 39.0 Å². The summed E-state index contributed by atoms with van der Waals surface area (Å²) in [6.45, 7) is 5.62. The maximum Gasteiger partial charge on any atom is 0.361 e. The van der Waals surface area contributed by atoms with Crippen molar-refractivity contribution in [1.82, 2.24) is 19.8 Å². The molecule has 26 heavy (non-hydrogen) atoms. The molecular formula is C18H19ClN4O3. The fourth-order valence-corrected chi connectivity index (χ4v) is 2.78. The SMILES string of the molecule is COCc1nn2c(C)c(C(=O)OC(C)C)nnc2c1-c1ccc(Cl)cc1. The zero-order chi connectivity index (χ0) is 18.8. The Bertz CT molecular complexity index is 951. The predicted octanol–water partition coefficient (Wildman–Crippen LogP) is 3.46. The summed E-state index contributed by atoms with van der Waals surface area (Å²) < 4.78 is 12.1. The molecule has 0 saturated carbocycles. The number of ether oxygens (including phenoxy) is 2. The van der Waals surface area contributed by atoms with Crippen molar-refractivity contribution in [2.45, 2.75) is 33.5 Å². The van der Waals surface area contributed by atoms with Crippen LogP contribution < -0.4 is 0 Å². The highest BCUT2D eigenvalue weighted by Gasteiger charge is 2.23. The van der Waals surface area contributed by atoms with Crippen LogP contribution in [0.3, 0.4) is 0 Å². The zero-order valence-electron chi connectivity index (χ0n) is 15.0. The molecule has 1 aromatic carbocycles. The molecule has 0 bridgehead atoms. The van der Waals surface area contributed by atoms with Crippen LogP contribution in [0.2, 0.25) is 5.02 Å². The molecule has 7 nitrogen and oxygen atoms in total. The quantitative estimate of drug-likeness (QED) is 0.636. The van der Waals surface area contributed by atoms with Crippen LogP contribution in [0.15, 0.2) is 24.3 Å². The van der Waals surface area contributed by atoms with Gasteiger partial charge in [-0.1, -0.05) is 23.7 Å². The number of halogens is 1. The summed E-state index contributed by atoms with van der Waals surface area (Å²) in [7, 11) is 1.60. The van der Waals surface area contributed by atoms with Crippen LogP contribution in [0.1, 0.15) is 35.7 Å². The van der Waals surface area contributed by atoms with E-state index in [1.807, 2.05) is 12.1 Å². The Hall–Kier alpha value is -2.51. The summed E-state index contributed by atoms with van der Waals surface area (Å²) in [4.78, 5) is 12.2. The van der Waals surface area contributed by atoms with Gasteiger partial charge < -0.3 is 9.47 Å². The lowest BCUT2D eigenvalue weighted by atomic mass is 10.1. The van der Waals surface area contributed by atoms with Gasteiger partial charge in [-0.3, -0.25) is 0 Å². The standard InChI is InChI=1S/C18H19ClN4O3/c1-10(2)26-18(24)16-11(3)23-17(21-20-16)15(14(22-23)9-25-4)12-5-7-13(19)8-6-12/h5-8,10H,9H2,1-4H3. The largest absolute Gasteiger partial charge is 0.458 e. The van der Waals surface area contributed by atoms with Crippen LogP contribution in [-0.2, 0) is 16.1 Å². The predicted molar refractivity (Wildman–Crippen MR) is 97.2 cm³/mol. The molecule has 0 aliphatic carbocycles. The average Bonchev–Trinajstić information content (AvgIpc) is 2.95. The van der Waals surface area contributed by atoms with Crippen molar-refractivity contribution < 1.29 is 14.3 Å². The number of benzene rings is 1. The van der Waals surface area contributed by atoms with Gasteiger partial charge in [0.15, 0.2) is 11.3 Å². The maximum atomic E-state index is 12.2. The first-order valence-corrected chi connectivity index (χ1v) is 8.51. The van der Waals surface area contributed by atoms with E-state index in [1.165, 1.54) is 0 Å².